The van der Waals surface area contributed by atoms with Crippen molar-refractivity contribution in [3.8, 4) is 23.0 Å². The second-order valence-electron chi connectivity index (χ2n) is 5.64. The second-order valence-corrected chi connectivity index (χ2v) is 5.64. The predicted octanol–water partition coefficient (Wildman–Crippen LogP) is 2.55. The molecular weight excluding hydrogens is 364 g/mol. The lowest BCUT2D eigenvalue weighted by Gasteiger charge is -2.03. The summed E-state index contributed by atoms with van der Waals surface area (Å²) in [6.07, 6.45) is 5.44. The maximum atomic E-state index is 11.9. The third-order valence-corrected chi connectivity index (χ3v) is 3.68. The van der Waals surface area contributed by atoms with Crippen LogP contribution < -0.4 is 9.47 Å². The molecule has 4 N–H and O–H groups in total. The Morgan fingerprint density at radius 1 is 0.821 bits per heavy atom. The van der Waals surface area contributed by atoms with Crippen LogP contribution in [0.15, 0.2) is 48.6 Å². The highest BCUT2D eigenvalue weighted by Gasteiger charge is 2.06. The van der Waals surface area contributed by atoms with Crippen LogP contribution in [0.2, 0.25) is 0 Å². The van der Waals surface area contributed by atoms with Crippen molar-refractivity contribution >= 4 is 23.7 Å². The van der Waals surface area contributed by atoms with E-state index in [9.17, 15) is 19.8 Å². The molecule has 0 radical (unpaired) electrons. The first kappa shape index (κ1) is 22.5. The molecule has 0 atom stereocenters. The van der Waals surface area contributed by atoms with E-state index in [2.05, 4.69) is 0 Å². The molecule has 2 aromatic carbocycles. The van der Waals surface area contributed by atoms with Gasteiger partial charge in [0, 0.05) is 0 Å². The molecular formula is C21H22O7. The van der Waals surface area contributed by atoms with Gasteiger partial charge in [-0.15, -0.1) is 0 Å². The van der Waals surface area contributed by atoms with Crippen molar-refractivity contribution in [3.05, 3.63) is 59.7 Å². The molecule has 0 heterocycles. The number of phenols is 2. The first-order chi connectivity index (χ1) is 12.9. The topological polar surface area (TPSA) is 125 Å². The lowest BCUT2D eigenvalue weighted by atomic mass is 10.1. The summed E-state index contributed by atoms with van der Waals surface area (Å²) < 4.78 is 10.00. The van der Waals surface area contributed by atoms with E-state index in [4.69, 9.17) is 9.47 Å². The molecule has 0 aliphatic heterocycles. The number of ether oxygens (including phenoxy) is 2. The molecule has 7 heteroatoms. The Hall–Kier alpha value is -3.58. The Bertz CT molecular complexity index is 824. The van der Waals surface area contributed by atoms with Crippen molar-refractivity contribution in [2.75, 3.05) is 14.2 Å². The minimum absolute atomic E-state index is 0. The van der Waals surface area contributed by atoms with Crippen molar-refractivity contribution in [3.63, 3.8) is 0 Å². The smallest absolute Gasteiger partial charge is 0.163 e. The van der Waals surface area contributed by atoms with Crippen molar-refractivity contribution < 1.29 is 34.8 Å². The number of hydrogen-bond acceptors (Lipinski definition) is 6. The maximum Gasteiger partial charge on any atom is 0.163 e. The van der Waals surface area contributed by atoms with Gasteiger partial charge in [-0.05, 0) is 47.5 Å². The van der Waals surface area contributed by atoms with Crippen LogP contribution in [0, 0.1) is 0 Å². The Balaban J connectivity index is 0.00000392. The normalized spacial score (nSPS) is 10.6. The van der Waals surface area contributed by atoms with E-state index < -0.39 is 0 Å². The number of aromatic hydroxyl groups is 2. The third-order valence-electron chi connectivity index (χ3n) is 3.68. The fourth-order valence-electron chi connectivity index (χ4n) is 2.26. The molecule has 0 spiro atoms. The second kappa shape index (κ2) is 10.5. The number of carbonyl (C=O) groups is 2. The zero-order valence-corrected chi connectivity index (χ0v) is 15.5. The summed E-state index contributed by atoms with van der Waals surface area (Å²) in [4.78, 5) is 23.9. The molecule has 2 aromatic rings. The summed E-state index contributed by atoms with van der Waals surface area (Å²) in [7, 11) is 2.87. The summed E-state index contributed by atoms with van der Waals surface area (Å²) in [5.41, 5.74) is 1.33. The summed E-state index contributed by atoms with van der Waals surface area (Å²) >= 11 is 0. The van der Waals surface area contributed by atoms with Gasteiger partial charge < -0.3 is 25.2 Å². The van der Waals surface area contributed by atoms with Crippen LogP contribution in [0.1, 0.15) is 17.5 Å². The van der Waals surface area contributed by atoms with E-state index in [1.54, 1.807) is 36.4 Å². The first-order valence-electron chi connectivity index (χ1n) is 8.08. The van der Waals surface area contributed by atoms with Crippen LogP contribution in [0.4, 0.5) is 0 Å². The van der Waals surface area contributed by atoms with Crippen LogP contribution in [-0.2, 0) is 9.59 Å². The zero-order chi connectivity index (χ0) is 19.8. The highest BCUT2D eigenvalue weighted by atomic mass is 16.5. The highest BCUT2D eigenvalue weighted by molar-refractivity contribution is 6.10. The number of hydrogen-bond donors (Lipinski definition) is 2. The Morgan fingerprint density at radius 2 is 1.21 bits per heavy atom. The van der Waals surface area contributed by atoms with Gasteiger partial charge in [0.25, 0.3) is 0 Å². The minimum atomic E-state index is -0.347. The lowest BCUT2D eigenvalue weighted by molar-refractivity contribution is -0.121. The summed E-state index contributed by atoms with van der Waals surface area (Å²) in [5, 5.41) is 19.1. The molecule has 0 aromatic heterocycles. The average molecular weight is 386 g/mol. The van der Waals surface area contributed by atoms with Gasteiger partial charge >= 0.3 is 0 Å². The Labute approximate surface area is 162 Å². The molecule has 0 fully saturated rings. The largest absolute Gasteiger partial charge is 0.504 e. The first-order valence-corrected chi connectivity index (χ1v) is 8.08. The van der Waals surface area contributed by atoms with Gasteiger partial charge in [-0.3, -0.25) is 9.59 Å². The van der Waals surface area contributed by atoms with E-state index >= 15 is 0 Å². The monoisotopic (exact) mass is 386 g/mol. The standard InChI is InChI=1S/C21H20O6.H2O/c1-26-20-11-14(5-9-18(20)24)3-7-16(22)13-17(23)8-4-15-6-10-19(25)21(12-15)27-2;/h3-12,24-25H,13H2,1-2H3;1H2. The Morgan fingerprint density at radius 3 is 1.57 bits per heavy atom. The van der Waals surface area contributed by atoms with Crippen molar-refractivity contribution in [1.82, 2.24) is 0 Å². The number of rotatable bonds is 8. The molecule has 148 valence electrons. The molecule has 0 unspecified atom stereocenters. The summed E-state index contributed by atoms with van der Waals surface area (Å²) in [5.74, 6) is -0.0832. The van der Waals surface area contributed by atoms with Crippen LogP contribution in [0.25, 0.3) is 12.2 Å². The van der Waals surface area contributed by atoms with Crippen LogP contribution >= 0.6 is 0 Å². The number of allylic oxidation sites excluding steroid dienone is 2. The lowest BCUT2D eigenvalue weighted by Crippen LogP contribution is -2.01. The van der Waals surface area contributed by atoms with Crippen molar-refractivity contribution in [2.45, 2.75) is 6.42 Å². The quantitative estimate of drug-likeness (QED) is 0.531. The van der Waals surface area contributed by atoms with Gasteiger partial charge in [0.1, 0.15) is 0 Å². The summed E-state index contributed by atoms with van der Waals surface area (Å²) in [6.45, 7) is 0. The number of methoxy groups -OCH3 is 2. The maximum absolute atomic E-state index is 11.9. The molecule has 0 aliphatic rings. The van der Waals surface area contributed by atoms with Gasteiger partial charge in [-0.1, -0.05) is 24.3 Å². The molecule has 0 saturated heterocycles. The minimum Gasteiger partial charge on any atom is -0.504 e. The SMILES string of the molecule is COc1cc(C=CC(=O)CC(=O)C=Cc2ccc(O)c(OC)c2)ccc1O.O. The Kier molecular flexibility index (Phi) is 8.46. The average Bonchev–Trinajstić information content (AvgIpc) is 2.66. The van der Waals surface area contributed by atoms with Gasteiger partial charge in [0.2, 0.25) is 0 Å². The van der Waals surface area contributed by atoms with Gasteiger partial charge in [0.15, 0.2) is 34.6 Å². The van der Waals surface area contributed by atoms with Gasteiger partial charge in [-0.25, -0.2) is 0 Å². The molecule has 0 bridgehead atoms. The van der Waals surface area contributed by atoms with Gasteiger partial charge in [-0.2, -0.15) is 0 Å². The van der Waals surface area contributed by atoms with Crippen LogP contribution in [0.5, 0.6) is 23.0 Å². The highest BCUT2D eigenvalue weighted by Crippen LogP contribution is 2.27. The molecule has 7 nitrogen and oxygen atoms in total. The zero-order valence-electron chi connectivity index (χ0n) is 15.5. The van der Waals surface area contributed by atoms with E-state index in [0.717, 1.165) is 0 Å². The fourth-order valence-corrected chi connectivity index (χ4v) is 2.26. The molecule has 0 saturated carbocycles. The molecule has 28 heavy (non-hydrogen) atoms. The van der Waals surface area contributed by atoms with E-state index in [0.29, 0.717) is 22.6 Å². The number of ketones is 2. The number of benzene rings is 2. The van der Waals surface area contributed by atoms with Crippen molar-refractivity contribution in [2.24, 2.45) is 0 Å². The van der Waals surface area contributed by atoms with Crippen LogP contribution in [-0.4, -0.2) is 41.5 Å². The predicted molar refractivity (Wildman–Crippen MR) is 106 cm³/mol. The van der Waals surface area contributed by atoms with E-state index in [1.165, 1.54) is 38.5 Å². The van der Waals surface area contributed by atoms with Crippen LogP contribution in [0.3, 0.4) is 0 Å². The molecule has 2 rings (SSSR count). The molecule has 0 aliphatic carbocycles. The van der Waals surface area contributed by atoms with Gasteiger partial charge in [0.05, 0.1) is 20.6 Å². The van der Waals surface area contributed by atoms with Crippen molar-refractivity contribution in [1.29, 1.82) is 0 Å². The van der Waals surface area contributed by atoms with E-state index in [-0.39, 0.29) is 35.0 Å². The number of phenolic OH excluding ortho intramolecular Hbond substituents is 2. The number of carbonyl (C=O) groups excluding carboxylic acids is 2. The third kappa shape index (κ3) is 6.30. The molecule has 0 amide bonds. The van der Waals surface area contributed by atoms with E-state index in [1.807, 2.05) is 0 Å². The summed E-state index contributed by atoms with van der Waals surface area (Å²) in [6, 6.07) is 9.34. The fraction of sp³-hybridized carbons (Fsp3) is 0.143.